The number of carbonyl (C=O) groups is 2. The number of rotatable bonds is 6. The van der Waals surface area contributed by atoms with Gasteiger partial charge in [0.25, 0.3) is 5.91 Å². The topological polar surface area (TPSA) is 97.4 Å². The second-order valence-electron chi connectivity index (χ2n) is 8.09. The first-order valence-electron chi connectivity index (χ1n) is 10.4. The van der Waals surface area contributed by atoms with Gasteiger partial charge in [-0.05, 0) is 25.7 Å². The van der Waals surface area contributed by atoms with Crippen LogP contribution in [0.5, 0.6) is 0 Å². The van der Waals surface area contributed by atoms with Crippen molar-refractivity contribution < 1.29 is 14.1 Å². The molecule has 3 heterocycles. The van der Waals surface area contributed by atoms with Crippen LogP contribution in [0.4, 0.5) is 0 Å². The highest BCUT2D eigenvalue weighted by Crippen LogP contribution is 2.35. The predicted octanol–water partition coefficient (Wildman–Crippen LogP) is 1.77. The molecule has 1 atom stereocenters. The number of aryl methyl sites for hydroxylation is 1. The third kappa shape index (κ3) is 4.33. The van der Waals surface area contributed by atoms with Crippen LogP contribution in [-0.2, 0) is 18.3 Å². The summed E-state index contributed by atoms with van der Waals surface area (Å²) in [6.45, 7) is 3.34. The van der Waals surface area contributed by atoms with E-state index in [0.29, 0.717) is 43.4 Å². The Kier molecular flexibility index (Phi) is 5.64. The fourth-order valence-corrected chi connectivity index (χ4v) is 4.12. The first-order chi connectivity index (χ1) is 14.0. The molecule has 9 nitrogen and oxygen atoms in total. The van der Waals surface area contributed by atoms with Crippen molar-refractivity contribution in [3.63, 3.8) is 0 Å². The van der Waals surface area contributed by atoms with Gasteiger partial charge in [0.05, 0.1) is 11.8 Å². The minimum Gasteiger partial charge on any atom is -0.339 e. The van der Waals surface area contributed by atoms with Crippen LogP contribution in [0.25, 0.3) is 0 Å². The van der Waals surface area contributed by atoms with Crippen molar-refractivity contribution in [2.45, 2.75) is 57.4 Å². The van der Waals surface area contributed by atoms with Crippen molar-refractivity contribution in [3.8, 4) is 0 Å². The van der Waals surface area contributed by atoms with Crippen molar-refractivity contribution in [1.82, 2.24) is 29.7 Å². The summed E-state index contributed by atoms with van der Waals surface area (Å²) in [5.41, 5.74) is 0.581. The lowest BCUT2D eigenvalue weighted by atomic mass is 9.85. The first-order valence-corrected chi connectivity index (χ1v) is 10.4. The number of piperidine rings is 1. The Hall–Kier alpha value is -2.71. The summed E-state index contributed by atoms with van der Waals surface area (Å²) in [4.78, 5) is 33.3. The van der Waals surface area contributed by atoms with Crippen molar-refractivity contribution in [2.24, 2.45) is 7.05 Å². The van der Waals surface area contributed by atoms with Crippen molar-refractivity contribution in [1.29, 1.82) is 0 Å². The molecular formula is C20H28N6O3. The third-order valence-electron chi connectivity index (χ3n) is 6.00. The van der Waals surface area contributed by atoms with E-state index in [1.165, 1.54) is 6.42 Å². The summed E-state index contributed by atoms with van der Waals surface area (Å²) in [6, 6.07) is -0.000116. The molecule has 0 spiro atoms. The van der Waals surface area contributed by atoms with Gasteiger partial charge in [-0.25, -0.2) is 0 Å². The molecule has 2 aliphatic rings. The van der Waals surface area contributed by atoms with Gasteiger partial charge in [-0.3, -0.25) is 14.3 Å². The van der Waals surface area contributed by atoms with Crippen LogP contribution in [-0.4, -0.2) is 67.2 Å². The van der Waals surface area contributed by atoms with Gasteiger partial charge < -0.3 is 14.3 Å². The molecule has 1 saturated heterocycles. The van der Waals surface area contributed by atoms with E-state index >= 15 is 0 Å². The molecule has 2 amide bonds. The third-order valence-corrected chi connectivity index (χ3v) is 6.00. The average molecular weight is 400 g/mol. The van der Waals surface area contributed by atoms with E-state index < -0.39 is 0 Å². The predicted molar refractivity (Wildman–Crippen MR) is 104 cm³/mol. The zero-order valence-electron chi connectivity index (χ0n) is 17.1. The molecule has 2 aromatic heterocycles. The lowest BCUT2D eigenvalue weighted by molar-refractivity contribution is -0.132. The highest BCUT2D eigenvalue weighted by molar-refractivity contribution is 5.93. The van der Waals surface area contributed by atoms with Gasteiger partial charge in [0.15, 0.2) is 5.82 Å². The minimum absolute atomic E-state index is 0.000116. The second kappa shape index (κ2) is 8.34. The molecule has 1 aliphatic carbocycles. The first kappa shape index (κ1) is 19.6. The molecule has 9 heteroatoms. The molecule has 156 valence electrons. The minimum atomic E-state index is -0.0328. The summed E-state index contributed by atoms with van der Waals surface area (Å²) in [5, 5.41) is 8.17. The smallest absolute Gasteiger partial charge is 0.257 e. The largest absolute Gasteiger partial charge is 0.339 e. The Morgan fingerprint density at radius 1 is 1.28 bits per heavy atom. The Balaban J connectivity index is 1.37. The Morgan fingerprint density at radius 2 is 2.10 bits per heavy atom. The van der Waals surface area contributed by atoms with E-state index in [2.05, 4.69) is 15.2 Å². The normalized spacial score (nSPS) is 19.8. The van der Waals surface area contributed by atoms with Crippen molar-refractivity contribution >= 4 is 11.8 Å². The van der Waals surface area contributed by atoms with Crippen LogP contribution in [0.3, 0.4) is 0 Å². The number of nitrogens with zero attached hydrogens (tertiary/aromatic N) is 6. The molecule has 0 N–H and O–H groups in total. The van der Waals surface area contributed by atoms with Gasteiger partial charge in [-0.15, -0.1) is 0 Å². The zero-order chi connectivity index (χ0) is 20.4. The maximum atomic E-state index is 12.8. The Bertz CT molecular complexity index is 871. The van der Waals surface area contributed by atoms with E-state index in [4.69, 9.17) is 4.52 Å². The van der Waals surface area contributed by atoms with E-state index in [9.17, 15) is 9.59 Å². The van der Waals surface area contributed by atoms with Crippen LogP contribution >= 0.6 is 0 Å². The van der Waals surface area contributed by atoms with E-state index in [1.807, 2.05) is 9.80 Å². The maximum absolute atomic E-state index is 12.8. The van der Waals surface area contributed by atoms with Crippen molar-refractivity contribution in [2.75, 3.05) is 19.6 Å². The highest BCUT2D eigenvalue weighted by atomic mass is 16.5. The molecule has 1 aliphatic heterocycles. The molecule has 1 saturated carbocycles. The van der Waals surface area contributed by atoms with Gasteiger partial charge in [-0.1, -0.05) is 11.6 Å². The lowest BCUT2D eigenvalue weighted by Gasteiger charge is -2.39. The molecule has 0 bridgehead atoms. The second-order valence-corrected chi connectivity index (χ2v) is 8.09. The molecule has 2 fully saturated rings. The van der Waals surface area contributed by atoms with Gasteiger partial charge in [-0.2, -0.15) is 10.1 Å². The molecule has 1 unspecified atom stereocenters. The summed E-state index contributed by atoms with van der Waals surface area (Å²) in [5.74, 6) is 1.76. The standard InChI is InChI=1S/C20H28N6O3/c1-14(27)26(10-8-18-22-19(29-23-18)15-5-3-6-15)17-7-4-9-25(13-17)20(28)16-11-21-24(2)12-16/h11-12,15,17H,3-10,13H2,1-2H3. The SMILES string of the molecule is CC(=O)N(CCc1noc(C2CCC2)n1)C1CCCN(C(=O)c2cnn(C)c2)C1. The van der Waals surface area contributed by atoms with Crippen LogP contribution < -0.4 is 0 Å². The molecule has 0 radical (unpaired) electrons. The highest BCUT2D eigenvalue weighted by Gasteiger charge is 2.31. The Morgan fingerprint density at radius 3 is 2.76 bits per heavy atom. The molecule has 4 rings (SSSR count). The van der Waals surface area contributed by atoms with Crippen molar-refractivity contribution in [3.05, 3.63) is 29.7 Å². The number of amides is 2. The number of carbonyl (C=O) groups excluding carboxylic acids is 2. The molecular weight excluding hydrogens is 372 g/mol. The fraction of sp³-hybridized carbons (Fsp3) is 0.650. The molecule has 29 heavy (non-hydrogen) atoms. The number of hydrogen-bond acceptors (Lipinski definition) is 6. The zero-order valence-corrected chi connectivity index (χ0v) is 17.1. The van der Waals surface area contributed by atoms with E-state index in [-0.39, 0.29) is 17.9 Å². The summed E-state index contributed by atoms with van der Waals surface area (Å²) in [6.07, 6.45) is 9.08. The Labute approximate surface area is 170 Å². The quantitative estimate of drug-likeness (QED) is 0.733. The van der Waals surface area contributed by atoms with E-state index in [0.717, 1.165) is 31.6 Å². The van der Waals surface area contributed by atoms with Crippen LogP contribution in [0.15, 0.2) is 16.9 Å². The molecule has 0 aromatic carbocycles. The van der Waals surface area contributed by atoms with Gasteiger partial charge in [0, 0.05) is 58.2 Å². The van der Waals surface area contributed by atoms with Crippen LogP contribution in [0, 0.1) is 0 Å². The van der Waals surface area contributed by atoms with Gasteiger partial charge >= 0.3 is 0 Å². The van der Waals surface area contributed by atoms with Crippen LogP contribution in [0.2, 0.25) is 0 Å². The van der Waals surface area contributed by atoms with E-state index in [1.54, 1.807) is 31.0 Å². The van der Waals surface area contributed by atoms with Gasteiger partial charge in [0.1, 0.15) is 0 Å². The number of hydrogen-bond donors (Lipinski definition) is 0. The monoisotopic (exact) mass is 400 g/mol. The van der Waals surface area contributed by atoms with Gasteiger partial charge in [0.2, 0.25) is 11.8 Å². The summed E-state index contributed by atoms with van der Waals surface area (Å²) < 4.78 is 7.01. The maximum Gasteiger partial charge on any atom is 0.257 e. The number of likely N-dealkylation sites (tertiary alicyclic amines) is 1. The van der Waals surface area contributed by atoms with Crippen LogP contribution in [0.1, 0.15) is 67.0 Å². The average Bonchev–Trinajstić information content (AvgIpc) is 3.29. The fourth-order valence-electron chi connectivity index (χ4n) is 4.12. The lowest BCUT2D eigenvalue weighted by Crippen LogP contribution is -2.51. The number of aromatic nitrogens is 4. The summed E-state index contributed by atoms with van der Waals surface area (Å²) >= 11 is 0. The molecule has 2 aromatic rings. The summed E-state index contributed by atoms with van der Waals surface area (Å²) in [7, 11) is 1.79.